The minimum Gasteiger partial charge on any atom is -0.353 e. The lowest BCUT2D eigenvalue weighted by atomic mass is 10.0. The smallest absolute Gasteiger partial charge is 0.221 e. The van der Waals surface area contributed by atoms with E-state index in [1.165, 1.54) is 11.1 Å². The number of nitrogens with one attached hydrogen (secondary N) is 2. The van der Waals surface area contributed by atoms with Gasteiger partial charge >= 0.3 is 0 Å². The highest BCUT2D eigenvalue weighted by atomic mass is 16.1. The average Bonchev–Trinajstić information content (AvgIpc) is 3.20. The third-order valence-electron chi connectivity index (χ3n) is 3.57. The normalized spacial score (nSPS) is 16.1. The predicted molar refractivity (Wildman–Crippen MR) is 78.0 cm³/mol. The van der Waals surface area contributed by atoms with Crippen molar-refractivity contribution in [3.05, 3.63) is 35.4 Å². The Morgan fingerprint density at radius 1 is 1.32 bits per heavy atom. The summed E-state index contributed by atoms with van der Waals surface area (Å²) in [5.74, 6) is 0.175. The maximum atomic E-state index is 11.6. The van der Waals surface area contributed by atoms with E-state index >= 15 is 0 Å². The van der Waals surface area contributed by atoms with Crippen molar-refractivity contribution in [3.63, 3.8) is 0 Å². The first-order valence-corrected chi connectivity index (χ1v) is 7.28. The minimum atomic E-state index is 0.175. The molecule has 1 aromatic rings. The summed E-state index contributed by atoms with van der Waals surface area (Å²) in [4.78, 5) is 11.6. The third kappa shape index (κ3) is 4.67. The van der Waals surface area contributed by atoms with E-state index in [0.717, 1.165) is 25.8 Å². The van der Waals surface area contributed by atoms with E-state index in [-0.39, 0.29) is 5.91 Å². The monoisotopic (exact) mass is 260 g/mol. The van der Waals surface area contributed by atoms with Gasteiger partial charge in [-0.05, 0) is 31.7 Å². The Hall–Kier alpha value is -1.35. The second kappa shape index (κ2) is 6.71. The van der Waals surface area contributed by atoms with Gasteiger partial charge in [-0.15, -0.1) is 0 Å². The molecule has 0 aromatic heterocycles. The Kier molecular flexibility index (Phi) is 4.97. The highest BCUT2D eigenvalue weighted by Crippen LogP contribution is 2.19. The van der Waals surface area contributed by atoms with E-state index in [9.17, 15) is 4.79 Å². The SMILES string of the molecule is CCC(NCCC(=O)NC1CC1)c1ccc(C)cc1. The molecular weight excluding hydrogens is 236 g/mol. The average molecular weight is 260 g/mol. The van der Waals surface area contributed by atoms with Crippen molar-refractivity contribution in [3.8, 4) is 0 Å². The summed E-state index contributed by atoms with van der Waals surface area (Å²) in [6.45, 7) is 5.01. The fourth-order valence-corrected chi connectivity index (χ4v) is 2.18. The van der Waals surface area contributed by atoms with Gasteiger partial charge in [-0.3, -0.25) is 4.79 Å². The zero-order valence-corrected chi connectivity index (χ0v) is 11.9. The van der Waals surface area contributed by atoms with Crippen LogP contribution in [0.2, 0.25) is 0 Å². The lowest BCUT2D eigenvalue weighted by molar-refractivity contribution is -0.121. The molecule has 1 aliphatic carbocycles. The second-order valence-electron chi connectivity index (χ2n) is 5.42. The fraction of sp³-hybridized carbons (Fsp3) is 0.562. The number of hydrogen-bond donors (Lipinski definition) is 2. The van der Waals surface area contributed by atoms with Crippen molar-refractivity contribution >= 4 is 5.91 Å². The zero-order valence-electron chi connectivity index (χ0n) is 11.9. The van der Waals surface area contributed by atoms with Gasteiger partial charge in [-0.25, -0.2) is 0 Å². The molecular formula is C16H24N2O. The molecule has 104 valence electrons. The minimum absolute atomic E-state index is 0.175. The molecule has 19 heavy (non-hydrogen) atoms. The molecule has 0 aliphatic heterocycles. The van der Waals surface area contributed by atoms with E-state index in [4.69, 9.17) is 0 Å². The molecule has 1 aromatic carbocycles. The van der Waals surface area contributed by atoms with E-state index in [1.807, 2.05) is 0 Å². The van der Waals surface area contributed by atoms with Gasteiger partial charge < -0.3 is 10.6 Å². The summed E-state index contributed by atoms with van der Waals surface area (Å²) in [6, 6.07) is 9.42. The van der Waals surface area contributed by atoms with Gasteiger partial charge in [-0.1, -0.05) is 36.8 Å². The summed E-state index contributed by atoms with van der Waals surface area (Å²) in [5, 5.41) is 6.48. The molecule has 1 aliphatic rings. The van der Waals surface area contributed by atoms with Gasteiger partial charge in [0.05, 0.1) is 0 Å². The molecule has 2 N–H and O–H groups in total. The molecule has 3 heteroatoms. The summed E-state index contributed by atoms with van der Waals surface area (Å²) in [7, 11) is 0. The van der Waals surface area contributed by atoms with Gasteiger partial charge in [0.25, 0.3) is 0 Å². The topological polar surface area (TPSA) is 41.1 Å². The zero-order chi connectivity index (χ0) is 13.7. The van der Waals surface area contributed by atoms with E-state index in [0.29, 0.717) is 18.5 Å². The Bertz CT molecular complexity index is 409. The highest BCUT2D eigenvalue weighted by molar-refractivity contribution is 5.76. The van der Waals surface area contributed by atoms with E-state index < -0.39 is 0 Å². The van der Waals surface area contributed by atoms with Crippen LogP contribution in [0.5, 0.6) is 0 Å². The predicted octanol–water partition coefficient (Wildman–Crippen LogP) is 2.70. The first kappa shape index (κ1) is 14.1. The van der Waals surface area contributed by atoms with Crippen molar-refractivity contribution in [2.45, 2.75) is 51.6 Å². The number of hydrogen-bond acceptors (Lipinski definition) is 2. The van der Waals surface area contributed by atoms with Crippen LogP contribution < -0.4 is 10.6 Å². The van der Waals surface area contributed by atoms with Crippen molar-refractivity contribution < 1.29 is 4.79 Å². The Morgan fingerprint density at radius 3 is 2.58 bits per heavy atom. The molecule has 1 unspecified atom stereocenters. The number of aryl methyl sites for hydroxylation is 1. The number of carbonyl (C=O) groups excluding carboxylic acids is 1. The molecule has 3 nitrogen and oxygen atoms in total. The summed E-state index contributed by atoms with van der Waals surface area (Å²) in [5.41, 5.74) is 2.58. The van der Waals surface area contributed by atoms with Crippen molar-refractivity contribution in [1.29, 1.82) is 0 Å². The lowest BCUT2D eigenvalue weighted by Crippen LogP contribution is -2.30. The fourth-order valence-electron chi connectivity index (χ4n) is 2.18. The standard InChI is InChI=1S/C16H24N2O/c1-3-15(13-6-4-12(2)5-7-13)17-11-10-16(19)18-14-8-9-14/h4-7,14-15,17H,3,8-11H2,1-2H3,(H,18,19). The van der Waals surface area contributed by atoms with Gasteiger partial charge in [0, 0.05) is 25.0 Å². The lowest BCUT2D eigenvalue weighted by Gasteiger charge is -2.17. The molecule has 0 heterocycles. The quantitative estimate of drug-likeness (QED) is 0.791. The maximum absolute atomic E-state index is 11.6. The van der Waals surface area contributed by atoms with Crippen LogP contribution in [0.4, 0.5) is 0 Å². The maximum Gasteiger partial charge on any atom is 0.221 e. The summed E-state index contributed by atoms with van der Waals surface area (Å²) in [6.07, 6.45) is 3.91. The van der Waals surface area contributed by atoms with Crippen LogP contribution in [0.1, 0.15) is 49.8 Å². The van der Waals surface area contributed by atoms with Gasteiger partial charge in [0.2, 0.25) is 5.91 Å². The Labute approximate surface area is 115 Å². The van der Waals surface area contributed by atoms with Crippen molar-refractivity contribution in [2.75, 3.05) is 6.54 Å². The summed E-state index contributed by atoms with van der Waals surface area (Å²) >= 11 is 0. The highest BCUT2D eigenvalue weighted by Gasteiger charge is 2.22. The number of amides is 1. The largest absolute Gasteiger partial charge is 0.353 e. The van der Waals surface area contributed by atoms with Gasteiger partial charge in [0.15, 0.2) is 0 Å². The second-order valence-corrected chi connectivity index (χ2v) is 5.42. The molecule has 0 radical (unpaired) electrons. The van der Waals surface area contributed by atoms with E-state index in [1.54, 1.807) is 0 Å². The molecule has 0 bridgehead atoms. The Morgan fingerprint density at radius 2 is 2.00 bits per heavy atom. The van der Waals surface area contributed by atoms with Crippen LogP contribution in [-0.4, -0.2) is 18.5 Å². The molecule has 2 rings (SSSR count). The van der Waals surface area contributed by atoms with Crippen LogP contribution >= 0.6 is 0 Å². The summed E-state index contributed by atoms with van der Waals surface area (Å²) < 4.78 is 0. The number of rotatable bonds is 7. The van der Waals surface area contributed by atoms with Crippen LogP contribution in [0.25, 0.3) is 0 Å². The van der Waals surface area contributed by atoms with Crippen molar-refractivity contribution in [2.24, 2.45) is 0 Å². The molecule has 0 spiro atoms. The molecule has 1 fully saturated rings. The van der Waals surface area contributed by atoms with Gasteiger partial charge in [0.1, 0.15) is 0 Å². The first-order chi connectivity index (χ1) is 9.19. The molecule has 1 saturated carbocycles. The van der Waals surface area contributed by atoms with E-state index in [2.05, 4.69) is 48.7 Å². The number of benzene rings is 1. The van der Waals surface area contributed by atoms with Crippen molar-refractivity contribution in [1.82, 2.24) is 10.6 Å². The van der Waals surface area contributed by atoms with Crippen LogP contribution in [0.15, 0.2) is 24.3 Å². The van der Waals surface area contributed by atoms with Crippen LogP contribution in [-0.2, 0) is 4.79 Å². The third-order valence-corrected chi connectivity index (χ3v) is 3.57. The molecule has 1 atom stereocenters. The number of carbonyl (C=O) groups is 1. The van der Waals surface area contributed by atoms with Crippen LogP contribution in [0, 0.1) is 6.92 Å². The van der Waals surface area contributed by atoms with Crippen LogP contribution in [0.3, 0.4) is 0 Å². The molecule has 0 saturated heterocycles. The Balaban J connectivity index is 1.75. The first-order valence-electron chi connectivity index (χ1n) is 7.28. The van der Waals surface area contributed by atoms with Gasteiger partial charge in [-0.2, -0.15) is 0 Å². The molecule has 1 amide bonds.